The zero-order valence-electron chi connectivity index (χ0n) is 11.6. The fourth-order valence-corrected chi connectivity index (χ4v) is 2.56. The third-order valence-corrected chi connectivity index (χ3v) is 3.39. The molecule has 0 spiro atoms. The van der Waals surface area contributed by atoms with E-state index in [2.05, 4.69) is 0 Å². The first-order valence-corrected chi connectivity index (χ1v) is 7.02. The average molecular weight is 293 g/mol. The van der Waals surface area contributed by atoms with Gasteiger partial charge in [-0.1, -0.05) is 12.1 Å². The van der Waals surface area contributed by atoms with Crippen LogP contribution in [0.5, 0.6) is 0 Å². The topological polar surface area (TPSA) is 52.3 Å². The van der Waals surface area contributed by atoms with E-state index in [9.17, 15) is 9.18 Å². The van der Waals surface area contributed by atoms with E-state index in [1.54, 1.807) is 38.3 Å². The first-order chi connectivity index (χ1) is 9.28. The van der Waals surface area contributed by atoms with Crippen molar-refractivity contribution >= 4 is 22.3 Å². The number of rotatable bonds is 2. The predicted molar refractivity (Wildman–Crippen MR) is 79.3 cm³/mol. The number of hydrogen-bond donors (Lipinski definition) is 1. The highest BCUT2D eigenvalue weighted by molar-refractivity contribution is 7.14. The number of esters is 1. The molecule has 20 heavy (non-hydrogen) atoms. The summed E-state index contributed by atoms with van der Waals surface area (Å²) in [6.07, 6.45) is 0. The van der Waals surface area contributed by atoms with Crippen molar-refractivity contribution in [2.75, 3.05) is 5.73 Å². The van der Waals surface area contributed by atoms with Crippen LogP contribution in [0.25, 0.3) is 11.1 Å². The molecule has 5 heteroatoms. The van der Waals surface area contributed by atoms with Gasteiger partial charge in [-0.3, -0.25) is 0 Å². The first-order valence-electron chi connectivity index (χ1n) is 6.14. The molecule has 0 atom stereocenters. The Labute approximate surface area is 121 Å². The van der Waals surface area contributed by atoms with Crippen molar-refractivity contribution < 1.29 is 13.9 Å². The van der Waals surface area contributed by atoms with Gasteiger partial charge in [0.25, 0.3) is 0 Å². The van der Waals surface area contributed by atoms with Crippen molar-refractivity contribution in [1.29, 1.82) is 0 Å². The second-order valence-corrected chi connectivity index (χ2v) is 6.31. The molecule has 0 aliphatic rings. The van der Waals surface area contributed by atoms with Gasteiger partial charge < -0.3 is 10.5 Å². The third-order valence-electron chi connectivity index (χ3n) is 2.58. The Hall–Kier alpha value is -1.88. The minimum absolute atomic E-state index is 0.323. The number of benzene rings is 1. The van der Waals surface area contributed by atoms with E-state index in [1.165, 1.54) is 23.5 Å². The van der Waals surface area contributed by atoms with Gasteiger partial charge in [0.15, 0.2) is 0 Å². The molecule has 2 rings (SSSR count). The van der Waals surface area contributed by atoms with E-state index < -0.39 is 11.6 Å². The summed E-state index contributed by atoms with van der Waals surface area (Å²) in [6, 6.07) is 5.93. The summed E-state index contributed by atoms with van der Waals surface area (Å²) in [6.45, 7) is 5.39. The van der Waals surface area contributed by atoms with Crippen LogP contribution in [0.3, 0.4) is 0 Å². The maximum absolute atomic E-state index is 13.0. The van der Waals surface area contributed by atoms with Crippen LogP contribution in [0.2, 0.25) is 0 Å². The largest absolute Gasteiger partial charge is 0.456 e. The lowest BCUT2D eigenvalue weighted by Gasteiger charge is -2.20. The van der Waals surface area contributed by atoms with E-state index >= 15 is 0 Å². The smallest absolute Gasteiger partial charge is 0.342 e. The molecule has 0 fully saturated rings. The highest BCUT2D eigenvalue weighted by atomic mass is 32.1. The monoisotopic (exact) mass is 293 g/mol. The normalized spacial score (nSPS) is 11.4. The molecule has 1 aromatic carbocycles. The first kappa shape index (κ1) is 14.5. The van der Waals surface area contributed by atoms with Gasteiger partial charge in [0.1, 0.15) is 22.0 Å². The van der Waals surface area contributed by atoms with Crippen molar-refractivity contribution in [3.05, 3.63) is 41.0 Å². The lowest BCUT2D eigenvalue weighted by molar-refractivity contribution is 0.00722. The Bertz CT molecular complexity index is 626. The summed E-state index contributed by atoms with van der Waals surface area (Å²) in [5, 5.41) is 2.18. The maximum Gasteiger partial charge on any atom is 0.342 e. The van der Waals surface area contributed by atoms with Crippen molar-refractivity contribution in [3.63, 3.8) is 0 Å². The standard InChI is InChI=1S/C15H16FNO2S/c1-15(2,3)19-14(18)12-11(8-20-13(12)17)9-4-6-10(16)7-5-9/h4-8H,17H2,1-3H3. The quantitative estimate of drug-likeness (QED) is 0.848. The Kier molecular flexibility index (Phi) is 3.81. The lowest BCUT2D eigenvalue weighted by atomic mass is 10.0. The van der Waals surface area contributed by atoms with Crippen LogP contribution in [0, 0.1) is 5.82 Å². The van der Waals surface area contributed by atoms with Gasteiger partial charge in [-0.25, -0.2) is 9.18 Å². The van der Waals surface area contributed by atoms with Crippen molar-refractivity contribution in [3.8, 4) is 11.1 Å². The van der Waals surface area contributed by atoms with Crippen molar-refractivity contribution in [2.45, 2.75) is 26.4 Å². The fraction of sp³-hybridized carbons (Fsp3) is 0.267. The number of halogens is 1. The molecule has 0 amide bonds. The van der Waals surface area contributed by atoms with Crippen LogP contribution in [0.15, 0.2) is 29.6 Å². The van der Waals surface area contributed by atoms with Crippen LogP contribution in [-0.2, 0) is 4.74 Å². The SMILES string of the molecule is CC(C)(C)OC(=O)c1c(-c2ccc(F)cc2)csc1N. The number of nitrogens with two attached hydrogens (primary N) is 1. The fourth-order valence-electron chi connectivity index (χ4n) is 1.75. The van der Waals surface area contributed by atoms with Crippen molar-refractivity contribution in [2.24, 2.45) is 0 Å². The van der Waals surface area contributed by atoms with E-state index in [0.29, 0.717) is 16.1 Å². The Morgan fingerprint density at radius 2 is 1.85 bits per heavy atom. The highest BCUT2D eigenvalue weighted by Gasteiger charge is 2.24. The second kappa shape index (κ2) is 5.25. The van der Waals surface area contributed by atoms with E-state index in [4.69, 9.17) is 10.5 Å². The molecule has 0 aliphatic carbocycles. The van der Waals surface area contributed by atoms with Crippen LogP contribution in [-0.4, -0.2) is 11.6 Å². The summed E-state index contributed by atoms with van der Waals surface area (Å²) >= 11 is 1.27. The van der Waals surface area contributed by atoms with E-state index in [1.807, 2.05) is 0 Å². The molecule has 2 N–H and O–H groups in total. The summed E-state index contributed by atoms with van der Waals surface area (Å²) in [4.78, 5) is 12.2. The molecule has 0 saturated heterocycles. The van der Waals surface area contributed by atoms with Crippen LogP contribution in [0.1, 0.15) is 31.1 Å². The van der Waals surface area contributed by atoms with Crippen molar-refractivity contribution in [1.82, 2.24) is 0 Å². The summed E-state index contributed by atoms with van der Waals surface area (Å²) in [7, 11) is 0. The highest BCUT2D eigenvalue weighted by Crippen LogP contribution is 2.34. The number of hydrogen-bond acceptors (Lipinski definition) is 4. The Morgan fingerprint density at radius 3 is 2.40 bits per heavy atom. The minimum Gasteiger partial charge on any atom is -0.456 e. The molecule has 0 radical (unpaired) electrons. The van der Waals surface area contributed by atoms with Gasteiger partial charge >= 0.3 is 5.97 Å². The third kappa shape index (κ3) is 3.17. The molecule has 3 nitrogen and oxygen atoms in total. The van der Waals surface area contributed by atoms with Gasteiger partial charge in [0.2, 0.25) is 0 Å². The predicted octanol–water partition coefficient (Wildman–Crippen LogP) is 4.09. The van der Waals surface area contributed by atoms with Crippen LogP contribution in [0.4, 0.5) is 9.39 Å². The Balaban J connectivity index is 2.42. The molecular formula is C15H16FNO2S. The number of anilines is 1. The number of carbonyl (C=O) groups is 1. The molecule has 0 bridgehead atoms. The van der Waals surface area contributed by atoms with Gasteiger partial charge in [-0.15, -0.1) is 11.3 Å². The molecule has 0 aliphatic heterocycles. The molecule has 2 aromatic rings. The Morgan fingerprint density at radius 1 is 1.25 bits per heavy atom. The van der Waals surface area contributed by atoms with E-state index in [-0.39, 0.29) is 5.82 Å². The van der Waals surface area contributed by atoms with Gasteiger partial charge in [-0.2, -0.15) is 0 Å². The number of carbonyl (C=O) groups excluding carboxylic acids is 1. The zero-order chi connectivity index (χ0) is 14.9. The van der Waals surface area contributed by atoms with Gasteiger partial charge in [-0.05, 0) is 38.5 Å². The average Bonchev–Trinajstić information content (AvgIpc) is 2.70. The summed E-state index contributed by atoms with van der Waals surface area (Å²) in [5.41, 5.74) is 7.03. The number of thiophene rings is 1. The van der Waals surface area contributed by atoms with Crippen LogP contribution >= 0.6 is 11.3 Å². The zero-order valence-corrected chi connectivity index (χ0v) is 12.4. The summed E-state index contributed by atoms with van der Waals surface area (Å²) < 4.78 is 18.3. The molecule has 0 unspecified atom stereocenters. The molecule has 1 aromatic heterocycles. The van der Waals surface area contributed by atoms with E-state index in [0.717, 1.165) is 5.56 Å². The lowest BCUT2D eigenvalue weighted by Crippen LogP contribution is -2.24. The number of ether oxygens (including phenoxy) is 1. The number of nitrogen functional groups attached to an aromatic ring is 1. The summed E-state index contributed by atoms with van der Waals surface area (Å²) in [5.74, 6) is -0.786. The second-order valence-electron chi connectivity index (χ2n) is 5.40. The van der Waals surface area contributed by atoms with Gasteiger partial charge in [0.05, 0.1) is 0 Å². The molecule has 1 heterocycles. The van der Waals surface area contributed by atoms with Gasteiger partial charge in [0, 0.05) is 10.9 Å². The minimum atomic E-state index is -0.592. The molecular weight excluding hydrogens is 277 g/mol. The molecule has 106 valence electrons. The maximum atomic E-state index is 13.0. The molecule has 0 saturated carbocycles. The van der Waals surface area contributed by atoms with Crippen LogP contribution < -0.4 is 5.73 Å².